The van der Waals surface area contributed by atoms with Gasteiger partial charge in [0.25, 0.3) is 11.5 Å². The molecule has 0 fully saturated rings. The summed E-state index contributed by atoms with van der Waals surface area (Å²) in [6.45, 7) is 2.33. The van der Waals surface area contributed by atoms with Crippen molar-refractivity contribution < 1.29 is 14.3 Å². The molecule has 9 heteroatoms. The van der Waals surface area contributed by atoms with Gasteiger partial charge >= 0.3 is 0 Å². The van der Waals surface area contributed by atoms with Gasteiger partial charge in [0.2, 0.25) is 0 Å². The first kappa shape index (κ1) is 19.6. The van der Waals surface area contributed by atoms with Gasteiger partial charge < -0.3 is 19.4 Å². The van der Waals surface area contributed by atoms with Gasteiger partial charge in [-0.15, -0.1) is 0 Å². The van der Waals surface area contributed by atoms with Crippen molar-refractivity contribution in [2.24, 2.45) is 0 Å². The Kier molecular flexibility index (Phi) is 5.42. The van der Waals surface area contributed by atoms with Crippen LogP contribution in [-0.4, -0.2) is 50.5 Å². The van der Waals surface area contributed by atoms with E-state index in [1.54, 1.807) is 61.8 Å². The minimum Gasteiger partial charge on any atom is -0.497 e. The van der Waals surface area contributed by atoms with E-state index in [4.69, 9.17) is 9.47 Å². The molecule has 154 valence electrons. The van der Waals surface area contributed by atoms with Gasteiger partial charge in [-0.1, -0.05) is 6.07 Å². The van der Waals surface area contributed by atoms with E-state index in [2.05, 4.69) is 19.9 Å². The third-order valence-electron chi connectivity index (χ3n) is 4.89. The minimum absolute atomic E-state index is 0.184. The average molecular weight is 407 g/mol. The number of aromatic amines is 1. The highest BCUT2D eigenvalue weighted by atomic mass is 16.5. The molecule has 9 nitrogen and oxygen atoms in total. The molecule has 1 atom stereocenters. The van der Waals surface area contributed by atoms with Gasteiger partial charge in [0.1, 0.15) is 17.2 Å². The van der Waals surface area contributed by atoms with Crippen LogP contribution in [0, 0.1) is 0 Å². The van der Waals surface area contributed by atoms with E-state index in [1.165, 1.54) is 0 Å². The van der Waals surface area contributed by atoms with E-state index in [-0.39, 0.29) is 18.0 Å². The van der Waals surface area contributed by atoms with Gasteiger partial charge in [-0.25, -0.2) is 9.97 Å². The first-order chi connectivity index (χ1) is 14.5. The highest BCUT2D eigenvalue weighted by Gasteiger charge is 2.28. The van der Waals surface area contributed by atoms with Crippen molar-refractivity contribution in [2.75, 3.05) is 13.7 Å². The number of carbonyl (C=O) groups is 1. The number of carbonyl (C=O) groups excluding carboxylic acids is 1. The summed E-state index contributed by atoms with van der Waals surface area (Å²) in [6.07, 6.45) is 4.41. The molecule has 0 radical (unpaired) electrons. The van der Waals surface area contributed by atoms with Crippen molar-refractivity contribution in [2.45, 2.75) is 26.0 Å². The van der Waals surface area contributed by atoms with Crippen molar-refractivity contribution in [3.63, 3.8) is 0 Å². The molecule has 0 spiro atoms. The van der Waals surface area contributed by atoms with E-state index >= 15 is 0 Å². The summed E-state index contributed by atoms with van der Waals surface area (Å²) < 4.78 is 11.0. The summed E-state index contributed by atoms with van der Waals surface area (Å²) in [5.74, 6) is 1.37. The van der Waals surface area contributed by atoms with Gasteiger partial charge in [-0.3, -0.25) is 14.6 Å². The monoisotopic (exact) mass is 407 g/mol. The Hall–Kier alpha value is -3.75. The van der Waals surface area contributed by atoms with Gasteiger partial charge in [-0.2, -0.15) is 0 Å². The predicted molar refractivity (Wildman–Crippen MR) is 108 cm³/mol. The van der Waals surface area contributed by atoms with Crippen LogP contribution in [-0.2, 0) is 17.8 Å². The predicted octanol–water partition coefficient (Wildman–Crippen LogP) is 1.59. The standard InChI is InChI=1S/C21H21N5O4/c1-13(30-15-5-3-4-14(10-15)29-2)21(28)26-9-6-17-16(12-26)20(27)25-19(24-17)18-11-22-7-8-23-18/h3-5,7-8,10-11,13H,6,9,12H2,1-2H3,(H,24,25,27)/t13-/m1/s1. The van der Waals surface area contributed by atoms with Gasteiger partial charge in [0, 0.05) is 31.4 Å². The number of aromatic nitrogens is 4. The number of nitrogens with one attached hydrogen (secondary N) is 1. The molecular weight excluding hydrogens is 386 g/mol. The zero-order valence-electron chi connectivity index (χ0n) is 16.7. The maximum Gasteiger partial charge on any atom is 0.263 e. The largest absolute Gasteiger partial charge is 0.497 e. The van der Waals surface area contributed by atoms with Crippen molar-refractivity contribution in [1.29, 1.82) is 0 Å². The molecule has 0 unspecified atom stereocenters. The normalized spacial score (nSPS) is 14.0. The van der Waals surface area contributed by atoms with E-state index in [0.29, 0.717) is 47.2 Å². The van der Waals surface area contributed by atoms with Crippen LogP contribution in [0.5, 0.6) is 11.5 Å². The Morgan fingerprint density at radius 3 is 2.87 bits per heavy atom. The van der Waals surface area contributed by atoms with Crippen LogP contribution >= 0.6 is 0 Å². The number of H-pyrrole nitrogens is 1. The molecule has 1 N–H and O–H groups in total. The summed E-state index contributed by atoms with van der Waals surface area (Å²) in [5.41, 5.74) is 1.37. The van der Waals surface area contributed by atoms with Crippen LogP contribution in [0.3, 0.4) is 0 Å². The highest BCUT2D eigenvalue weighted by molar-refractivity contribution is 5.81. The second kappa shape index (κ2) is 8.32. The Morgan fingerprint density at radius 1 is 1.27 bits per heavy atom. The summed E-state index contributed by atoms with van der Waals surface area (Å²) in [4.78, 5) is 42.6. The van der Waals surface area contributed by atoms with E-state index in [9.17, 15) is 9.59 Å². The lowest BCUT2D eigenvalue weighted by molar-refractivity contribution is -0.138. The molecule has 30 heavy (non-hydrogen) atoms. The third-order valence-corrected chi connectivity index (χ3v) is 4.89. The van der Waals surface area contributed by atoms with Crippen LogP contribution in [0.4, 0.5) is 0 Å². The molecule has 4 rings (SSSR count). The summed E-state index contributed by atoms with van der Waals surface area (Å²) in [5, 5.41) is 0. The lowest BCUT2D eigenvalue weighted by atomic mass is 10.1. The molecule has 1 amide bonds. The fourth-order valence-electron chi connectivity index (χ4n) is 3.34. The lowest BCUT2D eigenvalue weighted by Crippen LogP contribution is -2.45. The van der Waals surface area contributed by atoms with Gasteiger partial charge in [0.15, 0.2) is 11.9 Å². The number of rotatable bonds is 5. The maximum atomic E-state index is 12.9. The molecular formula is C21H21N5O4. The second-order valence-corrected chi connectivity index (χ2v) is 6.88. The number of hydrogen-bond donors (Lipinski definition) is 1. The van der Waals surface area contributed by atoms with E-state index in [1.807, 2.05) is 0 Å². The summed E-state index contributed by atoms with van der Waals surface area (Å²) >= 11 is 0. The van der Waals surface area contributed by atoms with Crippen LogP contribution in [0.15, 0.2) is 47.7 Å². The van der Waals surface area contributed by atoms with Crippen molar-refractivity contribution >= 4 is 5.91 Å². The SMILES string of the molecule is COc1cccc(O[C@H](C)C(=O)N2CCc3nc(-c4cnccn4)[nH]c(=O)c3C2)c1. The fourth-order valence-corrected chi connectivity index (χ4v) is 3.34. The maximum absolute atomic E-state index is 12.9. The lowest BCUT2D eigenvalue weighted by Gasteiger charge is -2.30. The number of hydrogen-bond acceptors (Lipinski definition) is 7. The smallest absolute Gasteiger partial charge is 0.263 e. The molecule has 3 aromatic rings. The highest BCUT2D eigenvalue weighted by Crippen LogP contribution is 2.22. The molecule has 0 bridgehead atoms. The van der Waals surface area contributed by atoms with Crippen LogP contribution in [0.2, 0.25) is 0 Å². The summed E-state index contributed by atoms with van der Waals surface area (Å²) in [6, 6.07) is 7.08. The summed E-state index contributed by atoms with van der Waals surface area (Å²) in [7, 11) is 1.57. The van der Waals surface area contributed by atoms with Gasteiger partial charge in [-0.05, 0) is 19.1 Å². The van der Waals surface area contributed by atoms with Crippen molar-refractivity contribution in [1.82, 2.24) is 24.8 Å². The molecule has 2 aromatic heterocycles. The number of nitrogens with zero attached hydrogens (tertiary/aromatic N) is 4. The Balaban J connectivity index is 1.49. The molecule has 0 saturated carbocycles. The number of benzene rings is 1. The Labute approximate surface area is 172 Å². The molecule has 1 aromatic carbocycles. The first-order valence-electron chi connectivity index (χ1n) is 9.53. The van der Waals surface area contributed by atoms with Crippen LogP contribution in [0.25, 0.3) is 11.5 Å². The van der Waals surface area contributed by atoms with Crippen molar-refractivity contribution in [3.05, 3.63) is 64.5 Å². The zero-order chi connectivity index (χ0) is 21.1. The minimum atomic E-state index is -0.704. The Morgan fingerprint density at radius 2 is 2.10 bits per heavy atom. The topological polar surface area (TPSA) is 110 Å². The van der Waals surface area contributed by atoms with E-state index in [0.717, 1.165) is 0 Å². The van der Waals surface area contributed by atoms with Crippen molar-refractivity contribution in [3.8, 4) is 23.0 Å². The molecule has 3 heterocycles. The average Bonchev–Trinajstić information content (AvgIpc) is 2.79. The fraction of sp³-hybridized carbons (Fsp3) is 0.286. The zero-order valence-corrected chi connectivity index (χ0v) is 16.7. The first-order valence-corrected chi connectivity index (χ1v) is 9.53. The molecule has 0 aliphatic carbocycles. The third kappa shape index (κ3) is 4.00. The second-order valence-electron chi connectivity index (χ2n) is 6.88. The van der Waals surface area contributed by atoms with Crippen LogP contribution in [0.1, 0.15) is 18.2 Å². The molecule has 1 aliphatic rings. The number of fused-ring (bicyclic) bond motifs is 1. The Bertz CT molecular complexity index is 1120. The van der Waals surface area contributed by atoms with Crippen LogP contribution < -0.4 is 15.0 Å². The molecule has 0 saturated heterocycles. The number of amides is 1. The van der Waals surface area contributed by atoms with E-state index < -0.39 is 6.10 Å². The number of methoxy groups -OCH3 is 1. The quantitative estimate of drug-likeness (QED) is 0.684. The van der Waals surface area contributed by atoms with Gasteiger partial charge in [0.05, 0.1) is 31.1 Å². The number of ether oxygens (including phenoxy) is 2. The molecule has 1 aliphatic heterocycles.